The molecule has 2 aromatic heterocycles. The molecule has 3 heterocycles. The van der Waals surface area contributed by atoms with E-state index in [4.69, 9.17) is 16.3 Å². The number of ether oxygens (including phenoxy) is 1. The topological polar surface area (TPSA) is 118 Å². The van der Waals surface area contributed by atoms with Gasteiger partial charge >= 0.3 is 6.09 Å². The number of carbonyl (C=O) groups excluding carboxylic acids is 1. The summed E-state index contributed by atoms with van der Waals surface area (Å²) in [6.07, 6.45) is 2.59. The summed E-state index contributed by atoms with van der Waals surface area (Å²) in [6, 6.07) is 9.08. The van der Waals surface area contributed by atoms with Gasteiger partial charge in [0.25, 0.3) is 10.0 Å². The van der Waals surface area contributed by atoms with Gasteiger partial charge < -0.3 is 14.5 Å². The van der Waals surface area contributed by atoms with Crippen molar-refractivity contribution < 1.29 is 26.7 Å². The number of amides is 1. The van der Waals surface area contributed by atoms with Crippen LogP contribution in [0.2, 0.25) is 5.15 Å². The molecule has 1 aliphatic heterocycles. The van der Waals surface area contributed by atoms with Crippen LogP contribution in [0.3, 0.4) is 0 Å². The molecule has 0 atom stereocenters. The molecule has 1 fully saturated rings. The fraction of sp³-hybridized carbons (Fsp3) is 0.286. The summed E-state index contributed by atoms with van der Waals surface area (Å²) in [4.78, 5) is 28.5. The average Bonchev–Trinajstić information content (AvgIpc) is 2.92. The Bertz CT molecular complexity index is 1780. The number of nitrogens with one attached hydrogen (secondary N) is 1. The monoisotopic (exact) mass is 616 g/mol. The van der Waals surface area contributed by atoms with Crippen LogP contribution in [-0.2, 0) is 14.8 Å². The number of rotatable bonds is 5. The van der Waals surface area contributed by atoms with E-state index < -0.39 is 32.2 Å². The van der Waals surface area contributed by atoms with Gasteiger partial charge in [0, 0.05) is 49.4 Å². The summed E-state index contributed by atoms with van der Waals surface area (Å²) < 4.78 is 60.9. The smallest absolute Gasteiger partial charge is 0.410 e. The molecular formula is C28H27ClF2N6O4S. The number of aromatic nitrogens is 3. The number of hydrogen-bond acceptors (Lipinski definition) is 8. The number of hydrogen-bond donors (Lipinski definition) is 1. The highest BCUT2D eigenvalue weighted by Gasteiger charge is 2.27. The summed E-state index contributed by atoms with van der Waals surface area (Å²) in [5.74, 6) is -1.46. The Morgan fingerprint density at radius 1 is 0.976 bits per heavy atom. The fourth-order valence-electron chi connectivity index (χ4n) is 4.47. The van der Waals surface area contributed by atoms with Crippen molar-refractivity contribution in [2.75, 3.05) is 35.8 Å². The van der Waals surface area contributed by atoms with E-state index in [1.165, 1.54) is 18.6 Å². The van der Waals surface area contributed by atoms with Crippen molar-refractivity contribution in [3.8, 4) is 11.1 Å². The lowest BCUT2D eigenvalue weighted by Gasteiger charge is -2.36. The minimum absolute atomic E-state index is 0.0826. The highest BCUT2D eigenvalue weighted by atomic mass is 35.5. The minimum Gasteiger partial charge on any atom is -0.444 e. The lowest BCUT2D eigenvalue weighted by Crippen LogP contribution is -2.50. The maximum atomic E-state index is 14.2. The lowest BCUT2D eigenvalue weighted by atomic mass is 10.0. The first kappa shape index (κ1) is 29.4. The Hall–Kier alpha value is -4.10. The van der Waals surface area contributed by atoms with Gasteiger partial charge in [-0.25, -0.2) is 36.9 Å². The first-order chi connectivity index (χ1) is 19.8. The van der Waals surface area contributed by atoms with Gasteiger partial charge in [-0.2, -0.15) is 0 Å². The van der Waals surface area contributed by atoms with Gasteiger partial charge in [-0.1, -0.05) is 17.7 Å². The molecule has 42 heavy (non-hydrogen) atoms. The summed E-state index contributed by atoms with van der Waals surface area (Å²) in [5.41, 5.74) is 1.21. The summed E-state index contributed by atoms with van der Waals surface area (Å²) >= 11 is 6.18. The average molecular weight is 617 g/mol. The molecular weight excluding hydrogens is 590 g/mol. The second kappa shape index (κ2) is 11.3. The van der Waals surface area contributed by atoms with Gasteiger partial charge in [0.05, 0.1) is 11.2 Å². The van der Waals surface area contributed by atoms with Gasteiger partial charge in [0.1, 0.15) is 34.3 Å². The highest BCUT2D eigenvalue weighted by molar-refractivity contribution is 7.92. The predicted molar refractivity (Wildman–Crippen MR) is 155 cm³/mol. The summed E-state index contributed by atoms with van der Waals surface area (Å²) in [6.45, 7) is 7.45. The Morgan fingerprint density at radius 3 is 2.40 bits per heavy atom. The molecule has 1 N–H and O–H groups in total. The first-order valence-electron chi connectivity index (χ1n) is 12.9. The number of benzene rings is 2. The third-order valence-corrected chi connectivity index (χ3v) is 8.15. The molecule has 4 aromatic rings. The van der Waals surface area contributed by atoms with Crippen LogP contribution < -0.4 is 9.62 Å². The summed E-state index contributed by atoms with van der Waals surface area (Å²) in [5, 5.41) is 0.587. The number of pyridine rings is 1. The number of halogens is 3. The molecule has 0 spiro atoms. The summed E-state index contributed by atoms with van der Waals surface area (Å²) in [7, 11) is -4.44. The molecule has 10 nitrogen and oxygen atoms in total. The van der Waals surface area contributed by atoms with E-state index in [0.29, 0.717) is 54.7 Å². The van der Waals surface area contributed by atoms with E-state index in [9.17, 15) is 22.0 Å². The zero-order valence-electron chi connectivity index (χ0n) is 22.9. The van der Waals surface area contributed by atoms with Gasteiger partial charge in [-0.15, -0.1) is 0 Å². The van der Waals surface area contributed by atoms with Crippen LogP contribution in [-0.4, -0.2) is 66.1 Å². The van der Waals surface area contributed by atoms with Gasteiger partial charge in [0.2, 0.25) is 0 Å². The maximum Gasteiger partial charge on any atom is 0.410 e. The Balaban J connectivity index is 1.41. The van der Waals surface area contributed by atoms with Crippen LogP contribution in [0.25, 0.3) is 22.0 Å². The molecule has 0 bridgehead atoms. The molecule has 1 aliphatic rings. The number of anilines is 2. The minimum atomic E-state index is -4.44. The molecule has 1 amide bonds. The van der Waals surface area contributed by atoms with Crippen LogP contribution in [0.4, 0.5) is 25.1 Å². The van der Waals surface area contributed by atoms with E-state index in [1.807, 2.05) is 26.8 Å². The number of fused-ring (bicyclic) bond motifs is 1. The second-order valence-electron chi connectivity index (χ2n) is 10.6. The molecule has 2 aromatic carbocycles. The van der Waals surface area contributed by atoms with Gasteiger partial charge in [0.15, 0.2) is 5.15 Å². The Morgan fingerprint density at radius 2 is 1.71 bits per heavy atom. The second-order valence-corrected chi connectivity index (χ2v) is 12.6. The largest absolute Gasteiger partial charge is 0.444 e. The number of carbonyl (C=O) groups is 1. The van der Waals surface area contributed by atoms with Crippen molar-refractivity contribution in [1.82, 2.24) is 19.9 Å². The molecule has 0 aliphatic carbocycles. The zero-order chi connectivity index (χ0) is 30.2. The van der Waals surface area contributed by atoms with Crippen molar-refractivity contribution in [3.05, 3.63) is 71.8 Å². The van der Waals surface area contributed by atoms with Gasteiger partial charge in [-0.05, 0) is 56.7 Å². The first-order valence-corrected chi connectivity index (χ1v) is 14.8. The highest BCUT2D eigenvalue weighted by Crippen LogP contribution is 2.33. The van der Waals surface area contributed by atoms with Crippen LogP contribution in [0.1, 0.15) is 20.8 Å². The van der Waals surface area contributed by atoms with E-state index in [0.717, 1.165) is 17.5 Å². The quantitative estimate of drug-likeness (QED) is 0.293. The molecule has 5 rings (SSSR count). The van der Waals surface area contributed by atoms with Crippen molar-refractivity contribution in [2.45, 2.75) is 31.3 Å². The van der Waals surface area contributed by atoms with Crippen LogP contribution in [0.15, 0.2) is 59.9 Å². The van der Waals surface area contributed by atoms with Crippen LogP contribution in [0, 0.1) is 11.6 Å². The number of piperazine rings is 1. The van der Waals surface area contributed by atoms with Crippen LogP contribution in [0.5, 0.6) is 0 Å². The van der Waals surface area contributed by atoms with Crippen molar-refractivity contribution in [3.63, 3.8) is 0 Å². The van der Waals surface area contributed by atoms with Crippen molar-refractivity contribution >= 4 is 50.1 Å². The maximum absolute atomic E-state index is 14.2. The SMILES string of the molecule is CC(C)(C)OC(=O)N1CCN(c2ncnc3ccc(-c4cnc(Cl)c(NS(=O)(=O)c5ccc(F)cc5F)c4)cc23)CC1. The van der Waals surface area contributed by atoms with E-state index in [-0.39, 0.29) is 16.9 Å². The zero-order valence-corrected chi connectivity index (χ0v) is 24.5. The van der Waals surface area contributed by atoms with E-state index in [1.54, 1.807) is 17.0 Å². The molecule has 0 unspecified atom stereocenters. The lowest BCUT2D eigenvalue weighted by molar-refractivity contribution is 0.0240. The third-order valence-electron chi connectivity index (χ3n) is 6.45. The van der Waals surface area contributed by atoms with Gasteiger partial charge in [-0.3, -0.25) is 4.72 Å². The Labute approximate surface area is 246 Å². The number of sulfonamides is 1. The molecule has 0 saturated carbocycles. The van der Waals surface area contributed by atoms with Crippen molar-refractivity contribution in [2.24, 2.45) is 0 Å². The standard InChI is InChI=1S/C28H27ClF2N6O4S/c1-28(2,3)41-27(38)37-10-8-36(9-11-37)26-20-12-17(4-6-22(20)33-16-34-26)18-13-23(25(29)32-15-18)35-42(39,40)24-7-5-19(30)14-21(24)31/h4-7,12-16,35H,8-11H2,1-3H3. The fourth-order valence-corrected chi connectivity index (χ4v) is 5.80. The van der Waals surface area contributed by atoms with Crippen LogP contribution >= 0.6 is 11.6 Å². The molecule has 14 heteroatoms. The third kappa shape index (κ3) is 6.36. The molecule has 1 saturated heterocycles. The Kier molecular flexibility index (Phi) is 7.90. The van der Waals surface area contributed by atoms with E-state index in [2.05, 4.69) is 24.6 Å². The van der Waals surface area contributed by atoms with E-state index >= 15 is 0 Å². The number of nitrogens with zero attached hydrogens (tertiary/aromatic N) is 5. The van der Waals surface area contributed by atoms with Crippen molar-refractivity contribution in [1.29, 1.82) is 0 Å². The predicted octanol–water partition coefficient (Wildman–Crippen LogP) is 5.48. The normalized spacial score (nSPS) is 14.2. The molecule has 0 radical (unpaired) electrons. The molecule has 220 valence electrons.